The average molecular weight is 268 g/mol. The minimum atomic E-state index is 0.563. The van der Waals surface area contributed by atoms with Gasteiger partial charge in [-0.2, -0.15) is 0 Å². The summed E-state index contributed by atoms with van der Waals surface area (Å²) in [5.41, 5.74) is 1.03. The van der Waals surface area contributed by atoms with E-state index in [0.29, 0.717) is 12.6 Å². The maximum absolute atomic E-state index is 6.06. The van der Waals surface area contributed by atoms with Gasteiger partial charge in [0.15, 0.2) is 0 Å². The summed E-state index contributed by atoms with van der Waals surface area (Å²) >= 11 is 6.06. The van der Waals surface area contributed by atoms with Crippen LogP contribution in [0.1, 0.15) is 39.5 Å². The second-order valence-corrected chi connectivity index (χ2v) is 5.44. The third-order valence-electron chi connectivity index (χ3n) is 3.72. The van der Waals surface area contributed by atoms with Crippen LogP contribution in [0.2, 0.25) is 5.02 Å². The number of hydrogen-bond donors (Lipinski definition) is 1. The van der Waals surface area contributed by atoms with Crippen molar-refractivity contribution in [1.82, 2.24) is 0 Å². The fourth-order valence-electron chi connectivity index (χ4n) is 2.69. The first-order chi connectivity index (χ1) is 8.72. The zero-order valence-electron chi connectivity index (χ0n) is 11.2. The third kappa shape index (κ3) is 3.32. The van der Waals surface area contributed by atoms with Crippen LogP contribution in [0.3, 0.4) is 0 Å². The van der Waals surface area contributed by atoms with Crippen molar-refractivity contribution in [2.24, 2.45) is 5.92 Å². The quantitative estimate of drug-likeness (QED) is 0.833. The Morgan fingerprint density at radius 2 is 2.17 bits per heavy atom. The Kier molecular flexibility index (Phi) is 4.76. The Balaban J connectivity index is 2.05. The first kappa shape index (κ1) is 13.5. The van der Waals surface area contributed by atoms with Gasteiger partial charge in [-0.25, -0.2) is 0 Å². The van der Waals surface area contributed by atoms with Crippen molar-refractivity contribution in [3.05, 3.63) is 23.2 Å². The monoisotopic (exact) mass is 267 g/mol. The molecule has 0 amide bonds. The number of hydrogen-bond acceptors (Lipinski definition) is 2. The van der Waals surface area contributed by atoms with Crippen LogP contribution >= 0.6 is 11.6 Å². The molecule has 1 saturated carbocycles. The summed E-state index contributed by atoms with van der Waals surface area (Å²) in [7, 11) is 0. The van der Waals surface area contributed by atoms with Crippen molar-refractivity contribution in [1.29, 1.82) is 0 Å². The van der Waals surface area contributed by atoms with E-state index in [1.807, 2.05) is 25.1 Å². The molecule has 0 radical (unpaired) electrons. The fourth-order valence-corrected chi connectivity index (χ4v) is 2.87. The van der Waals surface area contributed by atoms with Crippen molar-refractivity contribution in [3.8, 4) is 5.75 Å². The molecule has 0 spiro atoms. The van der Waals surface area contributed by atoms with E-state index >= 15 is 0 Å². The molecule has 1 N–H and O–H groups in total. The number of anilines is 1. The van der Waals surface area contributed by atoms with E-state index in [4.69, 9.17) is 16.3 Å². The predicted molar refractivity (Wildman–Crippen MR) is 77.7 cm³/mol. The van der Waals surface area contributed by atoms with Crippen LogP contribution in [0.15, 0.2) is 18.2 Å². The van der Waals surface area contributed by atoms with E-state index in [9.17, 15) is 0 Å². The third-order valence-corrected chi connectivity index (χ3v) is 3.95. The highest BCUT2D eigenvalue weighted by Crippen LogP contribution is 2.34. The standard InChI is InChI=1S/C15H22ClNO/c1-3-11-5-7-13(9-11)17-14-10-12(16)6-8-15(14)18-4-2/h6,8,10-11,13,17H,3-5,7,9H2,1-2H3. The van der Waals surface area contributed by atoms with Gasteiger partial charge in [0.2, 0.25) is 0 Å². The predicted octanol–water partition coefficient (Wildman–Crippen LogP) is 4.73. The first-order valence-electron chi connectivity index (χ1n) is 6.91. The van der Waals surface area contributed by atoms with E-state index in [1.165, 1.54) is 25.7 Å². The highest BCUT2D eigenvalue weighted by molar-refractivity contribution is 6.30. The lowest BCUT2D eigenvalue weighted by molar-refractivity contribution is 0.341. The van der Waals surface area contributed by atoms with Gasteiger partial charge < -0.3 is 10.1 Å². The number of rotatable bonds is 5. The molecule has 1 aromatic rings. The maximum atomic E-state index is 6.06. The Morgan fingerprint density at radius 3 is 2.83 bits per heavy atom. The van der Waals surface area contributed by atoms with Crippen molar-refractivity contribution in [2.45, 2.75) is 45.6 Å². The molecule has 0 saturated heterocycles. The topological polar surface area (TPSA) is 21.3 Å². The summed E-state index contributed by atoms with van der Waals surface area (Å²) in [6.45, 7) is 4.96. The Bertz CT molecular complexity index is 394. The van der Waals surface area contributed by atoms with E-state index in [0.717, 1.165) is 22.4 Å². The summed E-state index contributed by atoms with van der Waals surface area (Å²) in [6.07, 6.45) is 5.12. The molecule has 0 aromatic heterocycles. The fraction of sp³-hybridized carbons (Fsp3) is 0.600. The van der Waals surface area contributed by atoms with Crippen LogP contribution in [0, 0.1) is 5.92 Å². The second kappa shape index (κ2) is 6.33. The largest absolute Gasteiger partial charge is 0.492 e. The SMILES string of the molecule is CCOc1ccc(Cl)cc1NC1CCC(CC)C1. The smallest absolute Gasteiger partial charge is 0.142 e. The molecule has 1 aliphatic carbocycles. The minimum Gasteiger partial charge on any atom is -0.492 e. The van der Waals surface area contributed by atoms with Crippen LogP contribution in [0.5, 0.6) is 5.75 Å². The molecule has 2 rings (SSSR count). The van der Waals surface area contributed by atoms with Crippen LogP contribution in [0.4, 0.5) is 5.69 Å². The molecule has 2 atom stereocenters. The van der Waals surface area contributed by atoms with Gasteiger partial charge >= 0.3 is 0 Å². The van der Waals surface area contributed by atoms with Crippen molar-refractivity contribution in [2.75, 3.05) is 11.9 Å². The Labute approximate surface area is 115 Å². The van der Waals surface area contributed by atoms with Gasteiger partial charge in [-0.1, -0.05) is 24.9 Å². The van der Waals surface area contributed by atoms with Gasteiger partial charge in [0.1, 0.15) is 5.75 Å². The lowest BCUT2D eigenvalue weighted by atomic mass is 10.1. The molecule has 0 bridgehead atoms. The van der Waals surface area contributed by atoms with Crippen LogP contribution in [-0.4, -0.2) is 12.6 Å². The summed E-state index contributed by atoms with van der Waals surface area (Å²) in [5, 5.41) is 4.35. The Morgan fingerprint density at radius 1 is 1.33 bits per heavy atom. The summed E-state index contributed by atoms with van der Waals surface area (Å²) in [5.74, 6) is 1.78. The van der Waals surface area contributed by atoms with Gasteiger partial charge in [0.05, 0.1) is 12.3 Å². The highest BCUT2D eigenvalue weighted by Gasteiger charge is 2.23. The van der Waals surface area contributed by atoms with Crippen molar-refractivity contribution >= 4 is 17.3 Å². The average Bonchev–Trinajstić information content (AvgIpc) is 2.80. The Hall–Kier alpha value is -0.890. The lowest BCUT2D eigenvalue weighted by Crippen LogP contribution is -2.16. The molecule has 3 heteroatoms. The van der Waals surface area contributed by atoms with E-state index < -0.39 is 0 Å². The van der Waals surface area contributed by atoms with Crippen molar-refractivity contribution < 1.29 is 4.74 Å². The maximum Gasteiger partial charge on any atom is 0.142 e. The highest BCUT2D eigenvalue weighted by atomic mass is 35.5. The van der Waals surface area contributed by atoms with Crippen LogP contribution in [-0.2, 0) is 0 Å². The first-order valence-corrected chi connectivity index (χ1v) is 7.29. The summed E-state index contributed by atoms with van der Waals surface area (Å²) in [4.78, 5) is 0. The van der Waals surface area contributed by atoms with Gasteiger partial charge in [0.25, 0.3) is 0 Å². The molecule has 1 fully saturated rings. The molecule has 1 aliphatic rings. The summed E-state index contributed by atoms with van der Waals surface area (Å²) < 4.78 is 5.63. The number of ether oxygens (including phenoxy) is 1. The van der Waals surface area contributed by atoms with E-state index in [-0.39, 0.29) is 0 Å². The lowest BCUT2D eigenvalue weighted by Gasteiger charge is -2.18. The van der Waals surface area contributed by atoms with E-state index in [1.54, 1.807) is 0 Å². The van der Waals surface area contributed by atoms with Gasteiger partial charge in [-0.3, -0.25) is 0 Å². The molecule has 0 heterocycles. The van der Waals surface area contributed by atoms with E-state index in [2.05, 4.69) is 12.2 Å². The second-order valence-electron chi connectivity index (χ2n) is 5.00. The molecular weight excluding hydrogens is 246 g/mol. The van der Waals surface area contributed by atoms with Crippen LogP contribution in [0.25, 0.3) is 0 Å². The summed E-state index contributed by atoms with van der Waals surface area (Å²) in [6, 6.07) is 6.35. The van der Waals surface area contributed by atoms with Crippen molar-refractivity contribution in [3.63, 3.8) is 0 Å². The number of nitrogens with one attached hydrogen (secondary N) is 1. The zero-order chi connectivity index (χ0) is 13.0. The van der Waals surface area contributed by atoms with Crippen LogP contribution < -0.4 is 10.1 Å². The minimum absolute atomic E-state index is 0.563. The molecule has 2 unspecified atom stereocenters. The number of benzene rings is 1. The molecule has 1 aromatic carbocycles. The molecular formula is C15H22ClNO. The molecule has 0 aliphatic heterocycles. The zero-order valence-corrected chi connectivity index (χ0v) is 12.0. The van der Waals surface area contributed by atoms with Gasteiger partial charge in [-0.15, -0.1) is 0 Å². The normalized spacial score (nSPS) is 23.1. The number of halogens is 1. The van der Waals surface area contributed by atoms with Gasteiger partial charge in [0, 0.05) is 11.1 Å². The van der Waals surface area contributed by atoms with Gasteiger partial charge in [-0.05, 0) is 50.3 Å². The molecule has 2 nitrogen and oxygen atoms in total. The molecule has 100 valence electrons. The molecule has 18 heavy (non-hydrogen) atoms.